The van der Waals surface area contributed by atoms with Crippen LogP contribution in [0.1, 0.15) is 33.1 Å². The van der Waals surface area contributed by atoms with Crippen LogP contribution in [0.5, 0.6) is 0 Å². The van der Waals surface area contributed by atoms with Crippen LogP contribution in [0.4, 0.5) is 5.69 Å². The van der Waals surface area contributed by atoms with E-state index in [-0.39, 0.29) is 0 Å². The van der Waals surface area contributed by atoms with Crippen molar-refractivity contribution in [3.05, 3.63) is 28.7 Å². The normalized spacial score (nSPS) is 24.1. The molecule has 1 aliphatic rings. The van der Waals surface area contributed by atoms with Crippen LogP contribution in [-0.4, -0.2) is 29.6 Å². The molecular weight excluding hydrogens is 314 g/mol. The van der Waals surface area contributed by atoms with Gasteiger partial charge < -0.3 is 10.2 Å². The van der Waals surface area contributed by atoms with Crippen LogP contribution < -0.4 is 5.32 Å². The monoisotopic (exact) mass is 335 g/mol. The third-order valence-corrected chi connectivity index (χ3v) is 4.76. The molecule has 1 aliphatic heterocycles. The lowest BCUT2D eigenvalue weighted by Crippen LogP contribution is -2.39. The van der Waals surface area contributed by atoms with Crippen molar-refractivity contribution in [2.24, 2.45) is 0 Å². The van der Waals surface area contributed by atoms with Gasteiger partial charge in [0.25, 0.3) is 0 Å². The Morgan fingerprint density at radius 2 is 2.05 bits per heavy atom. The molecule has 1 heterocycles. The number of hydrogen-bond acceptors (Lipinski definition) is 3. The summed E-state index contributed by atoms with van der Waals surface area (Å²) < 4.78 is 1.01. The number of hydrogen-bond donors (Lipinski definition) is 1. The van der Waals surface area contributed by atoms with E-state index in [1.165, 1.54) is 0 Å². The summed E-state index contributed by atoms with van der Waals surface area (Å²) >= 11 is 3.55. The van der Waals surface area contributed by atoms with E-state index in [2.05, 4.69) is 46.1 Å². The fraction of sp³-hybridized carbons (Fsp3) is 0.562. The first-order chi connectivity index (χ1) is 9.56. The lowest BCUT2D eigenvalue weighted by molar-refractivity contribution is 0.229. The van der Waals surface area contributed by atoms with E-state index >= 15 is 0 Å². The maximum Gasteiger partial charge on any atom is 0.126 e. The highest BCUT2D eigenvalue weighted by Crippen LogP contribution is 2.30. The number of likely N-dealkylation sites (tertiary alicyclic amines) is 1. The van der Waals surface area contributed by atoms with Crippen molar-refractivity contribution >= 4 is 21.6 Å². The molecule has 2 rings (SSSR count). The predicted octanol–water partition coefficient (Wildman–Crippen LogP) is 4.02. The summed E-state index contributed by atoms with van der Waals surface area (Å²) in [5.41, 5.74) is 0.556. The van der Waals surface area contributed by atoms with Gasteiger partial charge in [0.1, 0.15) is 5.54 Å². The number of benzene rings is 1. The highest BCUT2D eigenvalue weighted by atomic mass is 79.9. The summed E-state index contributed by atoms with van der Waals surface area (Å²) in [6.07, 6.45) is 2.82. The fourth-order valence-corrected chi connectivity index (χ4v) is 3.14. The number of para-hydroxylation sites is 1. The molecule has 1 N–H and O–H groups in total. The standard InChI is InChI=1S/C16H22BrN3/c1-13(2)20-10-5-8-16(12-18,9-11-20)19-15-7-4-3-6-14(15)17/h3-4,6-7,13,19H,5,8-11H2,1-2H3. The summed E-state index contributed by atoms with van der Waals surface area (Å²) in [4.78, 5) is 2.46. The van der Waals surface area contributed by atoms with Gasteiger partial charge in [-0.15, -0.1) is 0 Å². The minimum atomic E-state index is -0.451. The molecule has 1 atom stereocenters. The Bertz CT molecular complexity index is 495. The van der Waals surface area contributed by atoms with Crippen molar-refractivity contribution < 1.29 is 0 Å². The number of nitrogens with zero attached hydrogens (tertiary/aromatic N) is 2. The molecule has 1 unspecified atom stereocenters. The van der Waals surface area contributed by atoms with E-state index in [0.29, 0.717) is 6.04 Å². The number of anilines is 1. The average Bonchev–Trinajstić information content (AvgIpc) is 2.65. The zero-order valence-electron chi connectivity index (χ0n) is 12.2. The molecule has 1 aromatic rings. The van der Waals surface area contributed by atoms with E-state index in [1.54, 1.807) is 0 Å². The van der Waals surface area contributed by atoms with Crippen LogP contribution in [0, 0.1) is 11.3 Å². The Morgan fingerprint density at radius 1 is 1.30 bits per heavy atom. The third kappa shape index (κ3) is 3.53. The molecule has 1 aromatic carbocycles. The van der Waals surface area contributed by atoms with Crippen LogP contribution in [0.3, 0.4) is 0 Å². The molecule has 1 fully saturated rings. The summed E-state index contributed by atoms with van der Waals surface area (Å²) in [6, 6.07) is 11.1. The van der Waals surface area contributed by atoms with Gasteiger partial charge in [-0.25, -0.2) is 0 Å². The fourth-order valence-electron chi connectivity index (χ4n) is 2.76. The van der Waals surface area contributed by atoms with Gasteiger partial charge >= 0.3 is 0 Å². The molecule has 0 bridgehead atoms. The Kier molecular flexibility index (Phi) is 5.06. The van der Waals surface area contributed by atoms with Crippen molar-refractivity contribution in [3.63, 3.8) is 0 Å². The molecule has 0 spiro atoms. The summed E-state index contributed by atoms with van der Waals surface area (Å²) in [7, 11) is 0. The summed E-state index contributed by atoms with van der Waals surface area (Å²) in [5, 5.41) is 13.2. The van der Waals surface area contributed by atoms with Crippen LogP contribution in [0.25, 0.3) is 0 Å². The Labute approximate surface area is 130 Å². The summed E-state index contributed by atoms with van der Waals surface area (Å²) in [5.74, 6) is 0. The first-order valence-corrected chi connectivity index (χ1v) is 8.04. The van der Waals surface area contributed by atoms with Crippen molar-refractivity contribution in [1.29, 1.82) is 5.26 Å². The predicted molar refractivity (Wildman–Crippen MR) is 86.7 cm³/mol. The molecule has 108 valence electrons. The van der Waals surface area contributed by atoms with Gasteiger partial charge in [-0.1, -0.05) is 12.1 Å². The first kappa shape index (κ1) is 15.3. The molecule has 0 aromatic heterocycles. The Morgan fingerprint density at radius 3 is 2.70 bits per heavy atom. The van der Waals surface area contributed by atoms with E-state index in [1.807, 2.05) is 24.3 Å². The third-order valence-electron chi connectivity index (χ3n) is 4.07. The molecule has 0 saturated carbocycles. The smallest absolute Gasteiger partial charge is 0.126 e. The van der Waals surface area contributed by atoms with Crippen LogP contribution >= 0.6 is 15.9 Å². The summed E-state index contributed by atoms with van der Waals surface area (Å²) in [6.45, 7) is 6.50. The first-order valence-electron chi connectivity index (χ1n) is 7.24. The maximum absolute atomic E-state index is 9.70. The van der Waals surface area contributed by atoms with Crippen LogP contribution in [0.2, 0.25) is 0 Å². The van der Waals surface area contributed by atoms with E-state index in [9.17, 15) is 5.26 Å². The van der Waals surface area contributed by atoms with Gasteiger partial charge in [0.05, 0.1) is 6.07 Å². The average molecular weight is 336 g/mol. The Hall–Kier alpha value is -1.05. The molecule has 3 nitrogen and oxygen atoms in total. The van der Waals surface area contributed by atoms with E-state index in [0.717, 1.165) is 42.5 Å². The topological polar surface area (TPSA) is 39.1 Å². The van der Waals surface area contributed by atoms with Gasteiger partial charge in [-0.3, -0.25) is 0 Å². The molecule has 4 heteroatoms. The van der Waals surface area contributed by atoms with Gasteiger partial charge in [-0.2, -0.15) is 5.26 Å². The molecule has 0 amide bonds. The Balaban J connectivity index is 2.14. The number of halogens is 1. The zero-order chi connectivity index (χ0) is 14.6. The number of nitrogens with one attached hydrogen (secondary N) is 1. The van der Waals surface area contributed by atoms with Crippen molar-refractivity contribution in [2.45, 2.75) is 44.7 Å². The molecular formula is C16H22BrN3. The van der Waals surface area contributed by atoms with Crippen molar-refractivity contribution in [3.8, 4) is 6.07 Å². The van der Waals surface area contributed by atoms with Gasteiger partial charge in [-0.05, 0) is 67.7 Å². The second kappa shape index (κ2) is 6.60. The van der Waals surface area contributed by atoms with E-state index in [4.69, 9.17) is 0 Å². The van der Waals surface area contributed by atoms with E-state index < -0.39 is 5.54 Å². The second-order valence-electron chi connectivity index (χ2n) is 5.78. The van der Waals surface area contributed by atoms with Gasteiger partial charge in [0.15, 0.2) is 0 Å². The molecule has 0 radical (unpaired) electrons. The van der Waals surface area contributed by atoms with Crippen LogP contribution in [0.15, 0.2) is 28.7 Å². The molecule has 20 heavy (non-hydrogen) atoms. The van der Waals surface area contributed by atoms with Gasteiger partial charge in [0.2, 0.25) is 0 Å². The highest BCUT2D eigenvalue weighted by Gasteiger charge is 2.33. The minimum Gasteiger partial charge on any atom is -0.366 e. The molecule has 0 aliphatic carbocycles. The largest absolute Gasteiger partial charge is 0.366 e. The number of nitriles is 1. The zero-order valence-corrected chi connectivity index (χ0v) is 13.8. The number of rotatable bonds is 3. The van der Waals surface area contributed by atoms with Crippen molar-refractivity contribution in [1.82, 2.24) is 4.90 Å². The lowest BCUT2D eigenvalue weighted by atomic mass is 9.92. The molecule has 1 saturated heterocycles. The van der Waals surface area contributed by atoms with Crippen molar-refractivity contribution in [2.75, 3.05) is 18.4 Å². The second-order valence-corrected chi connectivity index (χ2v) is 6.64. The minimum absolute atomic E-state index is 0.451. The highest BCUT2D eigenvalue weighted by molar-refractivity contribution is 9.10. The maximum atomic E-state index is 9.70. The van der Waals surface area contributed by atoms with Gasteiger partial charge in [0, 0.05) is 22.7 Å². The SMILES string of the molecule is CC(C)N1CCCC(C#N)(Nc2ccccc2Br)CC1. The lowest BCUT2D eigenvalue weighted by Gasteiger charge is -2.29. The van der Waals surface area contributed by atoms with Crippen LogP contribution in [-0.2, 0) is 0 Å². The quantitative estimate of drug-likeness (QED) is 0.906.